The zero-order chi connectivity index (χ0) is 33.3. The first-order valence-corrected chi connectivity index (χ1v) is 17.2. The lowest BCUT2D eigenvalue weighted by Crippen LogP contribution is -2.03. The zero-order valence-electron chi connectivity index (χ0n) is 27.6. The van der Waals surface area contributed by atoms with E-state index in [1.54, 1.807) is 55.6 Å². The van der Waals surface area contributed by atoms with Gasteiger partial charge in [-0.25, -0.2) is 8.42 Å². The van der Waals surface area contributed by atoms with Crippen LogP contribution in [0.4, 0.5) is 11.4 Å². The Bertz CT molecular complexity index is 1860. The summed E-state index contributed by atoms with van der Waals surface area (Å²) in [6.45, 7) is 10.1. The van der Waals surface area contributed by atoms with Gasteiger partial charge in [0.1, 0.15) is 11.5 Å². The van der Waals surface area contributed by atoms with E-state index in [9.17, 15) is 13.2 Å². The van der Waals surface area contributed by atoms with Crippen LogP contribution in [0, 0.1) is 6.92 Å². The van der Waals surface area contributed by atoms with E-state index in [1.165, 1.54) is 37.3 Å². The summed E-state index contributed by atoms with van der Waals surface area (Å²) in [6.07, 6.45) is 4.11. The number of pyridine rings is 1. The molecule has 0 saturated heterocycles. The second kappa shape index (κ2) is 15.7. The fraction of sp³-hybridized carbons (Fsp3) is 0.282. The molecule has 0 amide bonds. The van der Waals surface area contributed by atoms with Gasteiger partial charge in [-0.15, -0.1) is 0 Å². The Hall–Kier alpha value is -4.49. The molecular weight excluding hydrogens is 593 g/mol. The largest absolute Gasteiger partial charge is 0.497 e. The van der Waals surface area contributed by atoms with Crippen LogP contribution in [-0.2, 0) is 27.5 Å². The first-order valence-electron chi connectivity index (χ1n) is 15.7. The van der Waals surface area contributed by atoms with Crippen molar-refractivity contribution in [2.24, 2.45) is 0 Å². The van der Waals surface area contributed by atoms with Crippen molar-refractivity contribution in [3.05, 3.63) is 119 Å². The number of nitrogens with one attached hydrogen (secondary N) is 1. The van der Waals surface area contributed by atoms with Crippen LogP contribution in [0.2, 0.25) is 0 Å². The van der Waals surface area contributed by atoms with Gasteiger partial charge >= 0.3 is 0 Å². The van der Waals surface area contributed by atoms with Crippen molar-refractivity contribution in [1.29, 1.82) is 0 Å². The highest BCUT2D eigenvalue weighted by atomic mass is 32.2. The number of unbranched alkanes of at least 4 members (excludes halogenated alkanes) is 1. The normalized spacial score (nSPS) is 11.2. The number of methoxy groups -OCH3 is 1. The summed E-state index contributed by atoms with van der Waals surface area (Å²) in [5, 5.41) is 4.27. The van der Waals surface area contributed by atoms with Crippen molar-refractivity contribution in [2.75, 3.05) is 12.4 Å². The molecule has 0 spiro atoms. The lowest BCUT2D eigenvalue weighted by molar-refractivity contribution is -0.116. The Morgan fingerprint density at radius 3 is 2.02 bits per heavy atom. The van der Waals surface area contributed by atoms with Crippen LogP contribution in [0.25, 0.3) is 10.9 Å². The number of anilines is 2. The van der Waals surface area contributed by atoms with Crippen molar-refractivity contribution < 1.29 is 17.9 Å². The molecule has 0 aliphatic carbocycles. The van der Waals surface area contributed by atoms with Crippen molar-refractivity contribution in [1.82, 2.24) is 4.98 Å². The van der Waals surface area contributed by atoms with Crippen molar-refractivity contribution in [3.8, 4) is 5.75 Å². The lowest BCUT2D eigenvalue weighted by Gasteiger charge is -2.13. The molecule has 0 atom stereocenters. The summed E-state index contributed by atoms with van der Waals surface area (Å²) in [5.74, 6) is 1.41. The van der Waals surface area contributed by atoms with Crippen molar-refractivity contribution in [2.45, 2.75) is 76.0 Å². The molecule has 240 valence electrons. The van der Waals surface area contributed by atoms with Crippen LogP contribution in [0.3, 0.4) is 0 Å². The van der Waals surface area contributed by atoms with E-state index >= 15 is 0 Å². The molecule has 0 unspecified atom stereocenters. The molecule has 1 N–H and O–H groups in total. The van der Waals surface area contributed by atoms with E-state index < -0.39 is 9.84 Å². The predicted octanol–water partition coefficient (Wildman–Crippen LogP) is 9.41. The molecule has 1 heterocycles. The van der Waals surface area contributed by atoms with Gasteiger partial charge in [0, 0.05) is 28.9 Å². The fourth-order valence-electron chi connectivity index (χ4n) is 5.10. The van der Waals surface area contributed by atoms with Crippen LogP contribution in [-0.4, -0.2) is 26.3 Å². The van der Waals surface area contributed by atoms with Gasteiger partial charge in [0.2, 0.25) is 9.84 Å². The number of fused-ring (bicyclic) bond motifs is 1. The van der Waals surface area contributed by atoms with E-state index in [0.29, 0.717) is 5.92 Å². The van der Waals surface area contributed by atoms with E-state index in [0.717, 1.165) is 39.3 Å². The third-order valence-electron chi connectivity index (χ3n) is 7.74. The summed E-state index contributed by atoms with van der Waals surface area (Å²) in [7, 11) is -2.05. The van der Waals surface area contributed by atoms with E-state index in [2.05, 4.69) is 55.3 Å². The van der Waals surface area contributed by atoms with E-state index in [-0.39, 0.29) is 22.0 Å². The molecule has 0 radical (unpaired) electrons. The second-order valence-electron chi connectivity index (χ2n) is 11.9. The van der Waals surface area contributed by atoms with Crippen LogP contribution in [0.15, 0.2) is 107 Å². The number of rotatable bonds is 11. The summed E-state index contributed by atoms with van der Waals surface area (Å²) in [6, 6.07) is 29.7. The molecule has 4 aromatic carbocycles. The number of benzene rings is 4. The molecule has 6 nitrogen and oxygen atoms in total. The Morgan fingerprint density at radius 1 is 0.848 bits per heavy atom. The zero-order valence-corrected chi connectivity index (χ0v) is 28.4. The van der Waals surface area contributed by atoms with Gasteiger partial charge < -0.3 is 10.1 Å². The monoisotopic (exact) mass is 636 g/mol. The smallest absolute Gasteiger partial charge is 0.206 e. The number of aryl methyl sites for hydroxylation is 2. The average molecular weight is 637 g/mol. The predicted molar refractivity (Wildman–Crippen MR) is 188 cm³/mol. The highest BCUT2D eigenvalue weighted by Crippen LogP contribution is 2.30. The summed E-state index contributed by atoms with van der Waals surface area (Å²) in [5.41, 5.74) is 7.02. The molecule has 5 aromatic rings. The Morgan fingerprint density at radius 2 is 1.46 bits per heavy atom. The van der Waals surface area contributed by atoms with Crippen LogP contribution < -0.4 is 10.1 Å². The highest BCUT2D eigenvalue weighted by Gasteiger charge is 2.18. The van der Waals surface area contributed by atoms with Crippen LogP contribution in [0.5, 0.6) is 5.75 Å². The minimum Gasteiger partial charge on any atom is -0.497 e. The number of nitrogens with zero attached hydrogens (tertiary/aromatic N) is 1. The fourth-order valence-corrected chi connectivity index (χ4v) is 6.36. The minimum absolute atomic E-state index is 0.0318. The van der Waals surface area contributed by atoms with E-state index in [4.69, 9.17) is 4.74 Å². The Kier molecular flexibility index (Phi) is 11.7. The minimum atomic E-state index is -3.66. The van der Waals surface area contributed by atoms with Gasteiger partial charge in [-0.3, -0.25) is 9.78 Å². The standard InChI is InChI=1S/C26H24N2O4S.C13H20/c1-17-14-26(24-16-21(32-3)8-13-25(24)27-17)28-20-6-11-23(12-7-20)33(30,31)22-9-4-19(5-10-22)15-18(2)29;1-4-5-6-12-7-9-13(10-8-12)11(2)3/h4-14,16H,15H2,1-3H3,(H,27,28);7-11H,4-6H2,1-3H3. The maximum absolute atomic E-state index is 13.0. The third kappa shape index (κ3) is 9.04. The molecule has 0 aliphatic heterocycles. The average Bonchev–Trinajstić information content (AvgIpc) is 3.04. The maximum atomic E-state index is 13.0. The first kappa shape index (κ1) is 34.4. The molecule has 0 fully saturated rings. The number of ketones is 1. The maximum Gasteiger partial charge on any atom is 0.206 e. The van der Waals surface area contributed by atoms with E-state index in [1.807, 2.05) is 31.2 Å². The van der Waals surface area contributed by atoms with Gasteiger partial charge in [0.25, 0.3) is 0 Å². The number of sulfone groups is 1. The van der Waals surface area contributed by atoms with Gasteiger partial charge in [-0.1, -0.05) is 63.6 Å². The molecule has 0 bridgehead atoms. The second-order valence-corrected chi connectivity index (χ2v) is 13.8. The first-order chi connectivity index (χ1) is 22.0. The van der Waals surface area contributed by atoms with Gasteiger partial charge in [0.05, 0.1) is 22.4 Å². The topological polar surface area (TPSA) is 85.4 Å². The SMILES string of the molecule is CCCCc1ccc(C(C)C)cc1.COc1ccc2nc(C)cc(Nc3ccc(S(=O)(=O)c4ccc(CC(C)=O)cc4)cc3)c2c1. The molecule has 7 heteroatoms. The molecule has 0 aliphatic rings. The highest BCUT2D eigenvalue weighted by molar-refractivity contribution is 7.91. The number of aromatic nitrogens is 1. The summed E-state index contributed by atoms with van der Waals surface area (Å²) < 4.78 is 31.4. The van der Waals surface area contributed by atoms with Gasteiger partial charge in [-0.2, -0.15) is 0 Å². The molecule has 0 saturated carbocycles. The quantitative estimate of drug-likeness (QED) is 0.155. The number of ether oxygens (including phenoxy) is 1. The number of carbonyl (C=O) groups excluding carboxylic acids is 1. The Balaban J connectivity index is 0.000000310. The number of hydrogen-bond donors (Lipinski definition) is 1. The third-order valence-corrected chi connectivity index (χ3v) is 9.53. The molecule has 5 rings (SSSR count). The molecule has 1 aromatic heterocycles. The number of carbonyl (C=O) groups is 1. The summed E-state index contributed by atoms with van der Waals surface area (Å²) >= 11 is 0. The van der Waals surface area contributed by atoms with Gasteiger partial charge in [-0.05, 0) is 110 Å². The van der Waals surface area contributed by atoms with Crippen molar-refractivity contribution >= 4 is 37.9 Å². The van der Waals surface area contributed by atoms with Crippen LogP contribution >= 0.6 is 0 Å². The molecule has 46 heavy (non-hydrogen) atoms. The number of hydrogen-bond acceptors (Lipinski definition) is 6. The van der Waals surface area contributed by atoms with Crippen LogP contribution in [0.1, 0.15) is 68.8 Å². The Labute approximate surface area is 273 Å². The molecular formula is C39H44N2O4S. The van der Waals surface area contributed by atoms with Gasteiger partial charge in [0.15, 0.2) is 0 Å². The lowest BCUT2D eigenvalue weighted by atomic mass is 10.00. The summed E-state index contributed by atoms with van der Waals surface area (Å²) in [4.78, 5) is 16.2. The number of Topliss-reactive ketones (excluding diaryl/α,β-unsaturated/α-hetero) is 1. The van der Waals surface area contributed by atoms with Crippen molar-refractivity contribution in [3.63, 3.8) is 0 Å².